The number of nitrogens with one attached hydrogen (secondary N) is 1. The molecule has 0 aliphatic heterocycles. The summed E-state index contributed by atoms with van der Waals surface area (Å²) < 4.78 is 38.1. The fraction of sp³-hybridized carbons (Fsp3) is 0.231. The fourth-order valence-corrected chi connectivity index (χ4v) is 2.50. The van der Waals surface area contributed by atoms with Gasteiger partial charge in [-0.05, 0) is 12.5 Å². The minimum absolute atomic E-state index is 0.0657. The Morgan fingerprint density at radius 1 is 1.24 bits per heavy atom. The molecule has 1 heterocycles. The van der Waals surface area contributed by atoms with Crippen LogP contribution in [0.2, 0.25) is 0 Å². The first-order valence-corrected chi connectivity index (χ1v) is 6.98. The van der Waals surface area contributed by atoms with Crippen molar-refractivity contribution < 1.29 is 13.2 Å². The summed E-state index contributed by atoms with van der Waals surface area (Å²) in [6.07, 6.45) is -4.61. The number of anilines is 1. The summed E-state index contributed by atoms with van der Waals surface area (Å²) >= 11 is 1.20. The van der Waals surface area contributed by atoms with Crippen LogP contribution in [0.3, 0.4) is 0 Å². The van der Waals surface area contributed by atoms with Gasteiger partial charge in [-0.15, -0.1) is 11.8 Å². The van der Waals surface area contributed by atoms with Gasteiger partial charge in [-0.1, -0.05) is 29.8 Å². The van der Waals surface area contributed by atoms with Gasteiger partial charge in [0, 0.05) is 11.8 Å². The molecule has 0 fully saturated rings. The number of nitrogens with two attached hydrogens (primary N) is 1. The molecule has 0 bridgehead atoms. The number of aromatic nitrogens is 2. The smallest absolute Gasteiger partial charge is 0.308 e. The second-order valence-corrected chi connectivity index (χ2v) is 5.33. The number of alkyl halides is 3. The molecule has 3 N–H and O–H groups in total. The van der Waals surface area contributed by atoms with E-state index < -0.39 is 12.0 Å². The van der Waals surface area contributed by atoms with Gasteiger partial charge in [0.1, 0.15) is 10.8 Å². The number of thioether (sulfide) groups is 1. The molecule has 112 valence electrons. The van der Waals surface area contributed by atoms with E-state index >= 15 is 0 Å². The van der Waals surface area contributed by atoms with Crippen LogP contribution in [0.5, 0.6) is 0 Å². The van der Waals surface area contributed by atoms with E-state index in [1.165, 1.54) is 17.8 Å². The van der Waals surface area contributed by atoms with E-state index in [4.69, 9.17) is 5.84 Å². The van der Waals surface area contributed by atoms with E-state index in [1.54, 1.807) is 0 Å². The standard InChI is InChI=1S/C13H13F3N4S/c1-8-3-2-4-9(5-8)7-21-11-6-10(20-17)18-12(19-11)13(14,15)16/h2-6H,7,17H2,1H3,(H,18,19,20). The van der Waals surface area contributed by atoms with Crippen LogP contribution in [0.1, 0.15) is 17.0 Å². The SMILES string of the molecule is Cc1cccc(CSc2cc(NN)nc(C(F)(F)F)n2)c1. The van der Waals surface area contributed by atoms with Gasteiger partial charge in [0.15, 0.2) is 0 Å². The van der Waals surface area contributed by atoms with Crippen molar-refractivity contribution in [3.8, 4) is 0 Å². The second kappa shape index (κ2) is 6.31. The average Bonchev–Trinajstić information content (AvgIpc) is 2.44. The summed E-state index contributed by atoms with van der Waals surface area (Å²) in [4.78, 5) is 6.83. The van der Waals surface area contributed by atoms with Gasteiger partial charge in [-0.3, -0.25) is 0 Å². The second-order valence-electron chi connectivity index (χ2n) is 4.33. The van der Waals surface area contributed by atoms with Crippen LogP contribution in [0.15, 0.2) is 35.4 Å². The third-order valence-corrected chi connectivity index (χ3v) is 3.56. The minimum Gasteiger partial charge on any atom is -0.308 e. The lowest BCUT2D eigenvalue weighted by Crippen LogP contribution is -2.16. The highest BCUT2D eigenvalue weighted by Gasteiger charge is 2.35. The number of benzene rings is 1. The van der Waals surface area contributed by atoms with E-state index in [9.17, 15) is 13.2 Å². The zero-order valence-electron chi connectivity index (χ0n) is 11.1. The number of hydrogen-bond donors (Lipinski definition) is 2. The Morgan fingerprint density at radius 3 is 2.62 bits per heavy atom. The van der Waals surface area contributed by atoms with Crippen molar-refractivity contribution in [3.63, 3.8) is 0 Å². The van der Waals surface area contributed by atoms with Crippen molar-refractivity contribution in [3.05, 3.63) is 47.3 Å². The molecule has 0 saturated carbocycles. The van der Waals surface area contributed by atoms with Crippen LogP contribution in [0.4, 0.5) is 19.0 Å². The predicted octanol–water partition coefficient (Wildman–Crippen LogP) is 3.38. The molecule has 0 aliphatic carbocycles. The first-order valence-electron chi connectivity index (χ1n) is 6.00. The molecule has 0 atom stereocenters. The summed E-state index contributed by atoms with van der Waals surface area (Å²) in [6, 6.07) is 9.13. The van der Waals surface area contributed by atoms with Crippen LogP contribution in [0.25, 0.3) is 0 Å². The highest BCUT2D eigenvalue weighted by molar-refractivity contribution is 7.98. The Balaban J connectivity index is 2.19. The molecule has 0 unspecified atom stereocenters. The van der Waals surface area contributed by atoms with Gasteiger partial charge >= 0.3 is 6.18 Å². The van der Waals surface area contributed by atoms with E-state index in [0.29, 0.717) is 5.75 Å². The van der Waals surface area contributed by atoms with Crippen molar-refractivity contribution in [2.24, 2.45) is 5.84 Å². The summed E-state index contributed by atoms with van der Waals surface area (Å²) in [5.74, 6) is 4.39. The van der Waals surface area contributed by atoms with Crippen molar-refractivity contribution in [2.45, 2.75) is 23.9 Å². The average molecular weight is 314 g/mol. The van der Waals surface area contributed by atoms with Crippen molar-refractivity contribution in [2.75, 3.05) is 5.43 Å². The third kappa shape index (κ3) is 4.33. The first kappa shape index (κ1) is 15.6. The molecule has 0 aliphatic rings. The fourth-order valence-electron chi connectivity index (χ4n) is 1.66. The molecule has 8 heteroatoms. The molecule has 4 nitrogen and oxygen atoms in total. The normalized spacial score (nSPS) is 11.5. The summed E-state index contributed by atoms with van der Waals surface area (Å²) in [5.41, 5.74) is 4.23. The summed E-state index contributed by atoms with van der Waals surface area (Å²) in [5, 5.41) is 0.215. The van der Waals surface area contributed by atoms with Crippen molar-refractivity contribution >= 4 is 17.6 Å². The van der Waals surface area contributed by atoms with Crippen molar-refractivity contribution in [1.82, 2.24) is 9.97 Å². The first-order chi connectivity index (χ1) is 9.88. The van der Waals surface area contributed by atoms with Gasteiger partial charge in [-0.25, -0.2) is 15.8 Å². The number of hydrazine groups is 1. The molecule has 0 spiro atoms. The van der Waals surface area contributed by atoms with E-state index in [0.717, 1.165) is 11.1 Å². The molecule has 0 saturated heterocycles. The molecule has 21 heavy (non-hydrogen) atoms. The van der Waals surface area contributed by atoms with Crippen LogP contribution in [0, 0.1) is 6.92 Å². The van der Waals surface area contributed by atoms with E-state index in [1.807, 2.05) is 31.2 Å². The monoisotopic (exact) mass is 314 g/mol. The van der Waals surface area contributed by atoms with E-state index in [-0.39, 0.29) is 10.8 Å². The highest BCUT2D eigenvalue weighted by Crippen LogP contribution is 2.30. The van der Waals surface area contributed by atoms with Gasteiger partial charge in [0.05, 0.1) is 0 Å². The maximum Gasteiger partial charge on any atom is 0.451 e. The largest absolute Gasteiger partial charge is 0.451 e. The zero-order valence-corrected chi connectivity index (χ0v) is 11.9. The molecule has 1 aromatic heterocycles. The van der Waals surface area contributed by atoms with Gasteiger partial charge in [0.2, 0.25) is 5.82 Å². The molecule has 0 radical (unpaired) electrons. The Hall–Kier alpha value is -1.80. The van der Waals surface area contributed by atoms with Gasteiger partial charge in [-0.2, -0.15) is 13.2 Å². The Morgan fingerprint density at radius 2 is 2.00 bits per heavy atom. The Bertz CT molecular complexity index is 631. The van der Waals surface area contributed by atoms with Gasteiger partial charge in [0.25, 0.3) is 0 Å². The lowest BCUT2D eigenvalue weighted by molar-refractivity contribution is -0.145. The number of aryl methyl sites for hydroxylation is 1. The molecule has 0 amide bonds. The number of rotatable bonds is 4. The highest BCUT2D eigenvalue weighted by atomic mass is 32.2. The summed E-state index contributed by atoms with van der Waals surface area (Å²) in [7, 11) is 0. The Labute approximate surface area is 124 Å². The Kier molecular flexibility index (Phi) is 4.69. The number of nitrogens with zero attached hydrogens (tertiary/aromatic N) is 2. The third-order valence-electron chi connectivity index (χ3n) is 2.57. The number of halogens is 3. The lowest BCUT2D eigenvalue weighted by Gasteiger charge is -2.09. The molecule has 2 aromatic rings. The quantitative estimate of drug-likeness (QED) is 0.392. The number of nitrogen functional groups attached to an aromatic ring is 1. The topological polar surface area (TPSA) is 63.8 Å². The van der Waals surface area contributed by atoms with Crippen LogP contribution in [-0.2, 0) is 11.9 Å². The van der Waals surface area contributed by atoms with Crippen LogP contribution in [-0.4, -0.2) is 9.97 Å². The van der Waals surface area contributed by atoms with E-state index in [2.05, 4.69) is 15.4 Å². The molecule has 1 aromatic carbocycles. The number of hydrogen-bond acceptors (Lipinski definition) is 5. The van der Waals surface area contributed by atoms with Crippen LogP contribution < -0.4 is 11.3 Å². The van der Waals surface area contributed by atoms with Crippen molar-refractivity contribution in [1.29, 1.82) is 0 Å². The molecular formula is C13H13F3N4S. The predicted molar refractivity (Wildman–Crippen MR) is 75.6 cm³/mol. The maximum atomic E-state index is 12.7. The minimum atomic E-state index is -4.61. The molecular weight excluding hydrogens is 301 g/mol. The zero-order chi connectivity index (χ0) is 15.5. The lowest BCUT2D eigenvalue weighted by atomic mass is 10.2. The summed E-state index contributed by atoms with van der Waals surface area (Å²) in [6.45, 7) is 1.96. The van der Waals surface area contributed by atoms with Gasteiger partial charge < -0.3 is 5.43 Å². The maximum absolute atomic E-state index is 12.7. The molecule has 2 rings (SSSR count). The van der Waals surface area contributed by atoms with Crippen LogP contribution >= 0.6 is 11.8 Å².